The van der Waals surface area contributed by atoms with Gasteiger partial charge in [-0.2, -0.15) is 0 Å². The van der Waals surface area contributed by atoms with E-state index in [0.717, 1.165) is 25.1 Å². The summed E-state index contributed by atoms with van der Waals surface area (Å²) < 4.78 is 17.6. The molecule has 0 aromatic heterocycles. The zero-order valence-corrected chi connectivity index (χ0v) is 17.8. The van der Waals surface area contributed by atoms with Crippen LogP contribution in [0.15, 0.2) is 24.3 Å². The Morgan fingerprint density at radius 3 is 2.83 bits per heavy atom. The molecule has 2 heterocycles. The molecule has 5 rings (SSSR count). The Kier molecular flexibility index (Phi) is 4.67. The molecule has 1 aromatic rings. The molecule has 1 aromatic carbocycles. The molecule has 7 atom stereocenters. The molecule has 2 saturated heterocycles. The predicted molar refractivity (Wildman–Crippen MR) is 110 cm³/mol. The molecule has 5 nitrogen and oxygen atoms in total. The minimum absolute atomic E-state index is 0.0122. The van der Waals surface area contributed by atoms with Crippen LogP contribution in [0.25, 0.3) is 0 Å². The second-order valence-electron chi connectivity index (χ2n) is 9.85. The van der Waals surface area contributed by atoms with Crippen LogP contribution in [0.4, 0.5) is 0 Å². The Balaban J connectivity index is 1.21. The normalized spacial score (nSPS) is 42.4. The van der Waals surface area contributed by atoms with Crippen LogP contribution in [0.2, 0.25) is 0 Å². The highest BCUT2D eigenvalue weighted by molar-refractivity contribution is 5.76. The SMILES string of the molecule is COc1ccc(CCNC[C@H]2C(=O)O[C@@H]3C[C@@]4(C)CCC[C@H](C)[C@@]45O[C@@H]5[C@@H]32)cc1. The lowest BCUT2D eigenvalue weighted by molar-refractivity contribution is -0.146. The second kappa shape index (κ2) is 6.98. The first-order chi connectivity index (χ1) is 14.0. The molecular weight excluding hydrogens is 366 g/mol. The molecule has 2 saturated carbocycles. The Hall–Kier alpha value is -1.59. The first-order valence-corrected chi connectivity index (χ1v) is 11.2. The van der Waals surface area contributed by atoms with Gasteiger partial charge >= 0.3 is 5.97 Å². The third-order valence-corrected chi connectivity index (χ3v) is 8.31. The molecule has 2 aliphatic heterocycles. The maximum atomic E-state index is 12.7. The van der Waals surface area contributed by atoms with Crippen molar-refractivity contribution in [3.05, 3.63) is 29.8 Å². The Morgan fingerprint density at radius 2 is 2.07 bits per heavy atom. The zero-order chi connectivity index (χ0) is 20.2. The van der Waals surface area contributed by atoms with Crippen molar-refractivity contribution in [2.45, 2.75) is 63.8 Å². The first kappa shape index (κ1) is 19.4. The lowest BCUT2D eigenvalue weighted by atomic mass is 9.53. The number of ether oxygens (including phenoxy) is 3. The van der Waals surface area contributed by atoms with E-state index in [9.17, 15) is 4.79 Å². The molecule has 1 N–H and O–H groups in total. The van der Waals surface area contributed by atoms with Crippen molar-refractivity contribution >= 4 is 5.97 Å². The minimum Gasteiger partial charge on any atom is -0.497 e. The van der Waals surface area contributed by atoms with Gasteiger partial charge in [-0.3, -0.25) is 4.79 Å². The smallest absolute Gasteiger partial charge is 0.311 e. The van der Waals surface area contributed by atoms with Crippen LogP contribution in [0.5, 0.6) is 5.75 Å². The summed E-state index contributed by atoms with van der Waals surface area (Å²) in [6.07, 6.45) is 5.82. The molecule has 4 aliphatic rings. The number of methoxy groups -OCH3 is 1. The molecule has 0 bridgehead atoms. The van der Waals surface area contributed by atoms with Crippen molar-refractivity contribution in [2.24, 2.45) is 23.2 Å². The van der Waals surface area contributed by atoms with Gasteiger partial charge in [-0.1, -0.05) is 32.4 Å². The van der Waals surface area contributed by atoms with E-state index in [0.29, 0.717) is 12.5 Å². The van der Waals surface area contributed by atoms with Crippen molar-refractivity contribution in [1.82, 2.24) is 5.32 Å². The van der Waals surface area contributed by atoms with Gasteiger partial charge < -0.3 is 19.5 Å². The minimum atomic E-state index is -0.0843. The quantitative estimate of drug-likeness (QED) is 0.452. The number of esters is 1. The molecule has 1 spiro atoms. The van der Waals surface area contributed by atoms with E-state index < -0.39 is 0 Å². The number of nitrogens with one attached hydrogen (secondary N) is 1. The van der Waals surface area contributed by atoms with Crippen LogP contribution in [0.3, 0.4) is 0 Å². The lowest BCUT2D eigenvalue weighted by Gasteiger charge is -2.48. The van der Waals surface area contributed by atoms with Crippen LogP contribution < -0.4 is 10.1 Å². The zero-order valence-electron chi connectivity index (χ0n) is 17.8. The molecule has 4 fully saturated rings. The fourth-order valence-electron chi connectivity index (χ4n) is 6.75. The third kappa shape index (κ3) is 2.92. The number of rotatable bonds is 6. The van der Waals surface area contributed by atoms with E-state index in [-0.39, 0.29) is 41.0 Å². The highest BCUT2D eigenvalue weighted by Gasteiger charge is 2.78. The van der Waals surface area contributed by atoms with Crippen molar-refractivity contribution in [3.63, 3.8) is 0 Å². The average molecular weight is 400 g/mol. The van der Waals surface area contributed by atoms with Gasteiger partial charge in [-0.05, 0) is 55.8 Å². The summed E-state index contributed by atoms with van der Waals surface area (Å²) >= 11 is 0. The van der Waals surface area contributed by atoms with Crippen LogP contribution in [0.1, 0.15) is 45.1 Å². The number of epoxide rings is 1. The maximum absolute atomic E-state index is 12.7. The van der Waals surface area contributed by atoms with E-state index in [4.69, 9.17) is 14.2 Å². The fourth-order valence-corrected chi connectivity index (χ4v) is 6.75. The topological polar surface area (TPSA) is 60.1 Å². The first-order valence-electron chi connectivity index (χ1n) is 11.2. The van der Waals surface area contributed by atoms with Crippen LogP contribution in [-0.4, -0.2) is 44.0 Å². The summed E-state index contributed by atoms with van der Waals surface area (Å²) in [4.78, 5) is 12.7. The molecule has 2 aliphatic carbocycles. The third-order valence-electron chi connectivity index (χ3n) is 8.31. The van der Waals surface area contributed by atoms with Gasteiger partial charge in [0, 0.05) is 17.9 Å². The van der Waals surface area contributed by atoms with Crippen LogP contribution >= 0.6 is 0 Å². The Morgan fingerprint density at radius 1 is 1.28 bits per heavy atom. The van der Waals surface area contributed by atoms with Gasteiger partial charge in [0.05, 0.1) is 19.1 Å². The van der Waals surface area contributed by atoms with Crippen molar-refractivity contribution in [3.8, 4) is 5.75 Å². The standard InChI is InChI=1S/C24H33NO4/c1-15-5-4-11-23(2)13-19-20(21-24(15,23)29-21)18(22(26)28-19)14-25-12-10-16-6-8-17(27-3)9-7-16/h6-9,15,18-21,25H,4-5,10-14H2,1-3H3/t15-,18+,19+,20+,21+,23+,24-/m0/s1. The Labute approximate surface area is 173 Å². The van der Waals surface area contributed by atoms with Gasteiger partial charge in [0.25, 0.3) is 0 Å². The van der Waals surface area contributed by atoms with Gasteiger partial charge in [0.2, 0.25) is 0 Å². The molecule has 0 unspecified atom stereocenters. The fraction of sp³-hybridized carbons (Fsp3) is 0.708. The molecule has 5 heteroatoms. The van der Waals surface area contributed by atoms with Gasteiger partial charge in [0.15, 0.2) is 0 Å². The molecule has 158 valence electrons. The van der Waals surface area contributed by atoms with E-state index >= 15 is 0 Å². The highest BCUT2D eigenvalue weighted by Crippen LogP contribution is 2.70. The van der Waals surface area contributed by atoms with Crippen molar-refractivity contribution in [2.75, 3.05) is 20.2 Å². The summed E-state index contributed by atoms with van der Waals surface area (Å²) in [6, 6.07) is 8.16. The van der Waals surface area contributed by atoms with E-state index in [1.165, 1.54) is 24.8 Å². The number of carbonyl (C=O) groups is 1. The van der Waals surface area contributed by atoms with E-state index in [2.05, 4.69) is 31.3 Å². The number of fused-ring (bicyclic) bond motifs is 2. The second-order valence-corrected chi connectivity index (χ2v) is 9.85. The molecule has 29 heavy (non-hydrogen) atoms. The summed E-state index contributed by atoms with van der Waals surface area (Å²) in [7, 11) is 1.68. The van der Waals surface area contributed by atoms with Gasteiger partial charge in [0.1, 0.15) is 17.5 Å². The maximum Gasteiger partial charge on any atom is 0.311 e. The van der Waals surface area contributed by atoms with E-state index in [1.54, 1.807) is 7.11 Å². The van der Waals surface area contributed by atoms with Gasteiger partial charge in [-0.25, -0.2) is 0 Å². The number of hydrogen-bond donors (Lipinski definition) is 1. The number of hydrogen-bond acceptors (Lipinski definition) is 5. The predicted octanol–water partition coefficient (Wildman–Crippen LogP) is 3.35. The van der Waals surface area contributed by atoms with Crippen molar-refractivity contribution < 1.29 is 19.0 Å². The largest absolute Gasteiger partial charge is 0.497 e. The van der Waals surface area contributed by atoms with E-state index in [1.807, 2.05) is 12.1 Å². The molecular formula is C24H33NO4. The van der Waals surface area contributed by atoms with Crippen LogP contribution in [-0.2, 0) is 20.7 Å². The van der Waals surface area contributed by atoms with Crippen LogP contribution in [0, 0.1) is 23.2 Å². The number of benzene rings is 1. The summed E-state index contributed by atoms with van der Waals surface area (Å²) in [5.41, 5.74) is 1.41. The summed E-state index contributed by atoms with van der Waals surface area (Å²) in [6.45, 7) is 6.24. The summed E-state index contributed by atoms with van der Waals surface area (Å²) in [5, 5.41) is 3.51. The number of carbonyl (C=O) groups excluding carboxylic acids is 1. The van der Waals surface area contributed by atoms with Gasteiger partial charge in [-0.15, -0.1) is 0 Å². The Bertz CT molecular complexity index is 780. The summed E-state index contributed by atoms with van der Waals surface area (Å²) in [5.74, 6) is 1.55. The molecule has 0 amide bonds. The highest BCUT2D eigenvalue weighted by atomic mass is 16.6. The lowest BCUT2D eigenvalue weighted by Crippen LogP contribution is -2.54. The average Bonchev–Trinajstić information content (AvgIpc) is 3.39. The van der Waals surface area contributed by atoms with Crippen molar-refractivity contribution in [1.29, 1.82) is 0 Å². The molecule has 0 radical (unpaired) electrons. The monoisotopic (exact) mass is 399 g/mol.